The molecule has 0 aliphatic rings. The summed E-state index contributed by atoms with van der Waals surface area (Å²) in [6.07, 6.45) is 48.1. The topological polar surface area (TPSA) is 72.8 Å². The standard InChI is InChI=1S/C41H68O5/c1-3-5-7-9-11-13-15-17-19-20-22-24-26-28-30-32-34-36-41(44)46-38-39(42)37-45-40(43)35-33-31-29-27-25-23-21-18-16-14-12-10-8-6-4-2/h6,8,11-14,17-19,21,25,27,39,42H,3-5,7,9-10,15-16,20,22-24,26,28-38H2,1-2H3/b8-6-,13-11-,14-12-,19-17-,21-18-,27-25-/t39-/m0/s1. The molecular formula is C41H68O5. The van der Waals surface area contributed by atoms with Crippen molar-refractivity contribution in [3.8, 4) is 0 Å². The Labute approximate surface area is 283 Å². The predicted molar refractivity (Wildman–Crippen MR) is 196 cm³/mol. The Bertz CT molecular complexity index is 864. The first-order valence-corrected chi connectivity index (χ1v) is 18.5. The van der Waals surface area contributed by atoms with Gasteiger partial charge in [0, 0.05) is 12.8 Å². The molecule has 0 fully saturated rings. The van der Waals surface area contributed by atoms with E-state index in [9.17, 15) is 14.7 Å². The Morgan fingerprint density at radius 2 is 0.826 bits per heavy atom. The van der Waals surface area contributed by atoms with Gasteiger partial charge < -0.3 is 14.6 Å². The summed E-state index contributed by atoms with van der Waals surface area (Å²) in [6, 6.07) is 0. The minimum Gasteiger partial charge on any atom is -0.463 e. The minimum atomic E-state index is -0.987. The summed E-state index contributed by atoms with van der Waals surface area (Å²) < 4.78 is 10.3. The molecule has 0 aromatic rings. The molecule has 262 valence electrons. The van der Waals surface area contributed by atoms with Crippen LogP contribution in [0.25, 0.3) is 0 Å². The van der Waals surface area contributed by atoms with Crippen LogP contribution in [0.2, 0.25) is 0 Å². The smallest absolute Gasteiger partial charge is 0.305 e. The number of rotatable bonds is 32. The van der Waals surface area contributed by atoms with Crippen molar-refractivity contribution in [1.82, 2.24) is 0 Å². The molecule has 0 aliphatic carbocycles. The Balaban J connectivity index is 3.55. The highest BCUT2D eigenvalue weighted by Gasteiger charge is 2.12. The van der Waals surface area contributed by atoms with Gasteiger partial charge in [-0.1, -0.05) is 132 Å². The number of ether oxygens (including phenoxy) is 2. The van der Waals surface area contributed by atoms with Crippen LogP contribution in [0.3, 0.4) is 0 Å². The van der Waals surface area contributed by atoms with E-state index in [4.69, 9.17) is 9.47 Å². The number of unbranched alkanes of at least 4 members (excludes halogenated alkanes) is 12. The van der Waals surface area contributed by atoms with Gasteiger partial charge >= 0.3 is 11.9 Å². The van der Waals surface area contributed by atoms with E-state index in [1.165, 1.54) is 51.4 Å². The molecule has 1 atom stereocenters. The normalized spacial score (nSPS) is 13.0. The van der Waals surface area contributed by atoms with E-state index in [2.05, 4.69) is 86.8 Å². The number of hydrogen-bond acceptors (Lipinski definition) is 5. The van der Waals surface area contributed by atoms with E-state index in [0.29, 0.717) is 12.8 Å². The summed E-state index contributed by atoms with van der Waals surface area (Å²) in [7, 11) is 0. The third-order valence-electron chi connectivity index (χ3n) is 7.43. The van der Waals surface area contributed by atoms with E-state index < -0.39 is 6.10 Å². The first-order valence-electron chi connectivity index (χ1n) is 18.5. The highest BCUT2D eigenvalue weighted by molar-refractivity contribution is 5.69. The number of esters is 2. The van der Waals surface area contributed by atoms with Crippen LogP contribution in [-0.2, 0) is 19.1 Å². The number of aliphatic hydroxyl groups is 1. The largest absolute Gasteiger partial charge is 0.463 e. The molecule has 0 bridgehead atoms. The first kappa shape index (κ1) is 43.3. The first-order chi connectivity index (χ1) is 22.6. The molecular weight excluding hydrogens is 572 g/mol. The fraction of sp³-hybridized carbons (Fsp3) is 0.659. The monoisotopic (exact) mass is 641 g/mol. The second-order valence-corrected chi connectivity index (χ2v) is 12.0. The van der Waals surface area contributed by atoms with Crippen LogP contribution < -0.4 is 0 Å². The molecule has 0 saturated heterocycles. The molecule has 0 rings (SSSR count). The molecule has 0 aromatic carbocycles. The summed E-state index contributed by atoms with van der Waals surface area (Å²) in [5, 5.41) is 9.99. The van der Waals surface area contributed by atoms with Crippen molar-refractivity contribution in [3.05, 3.63) is 72.9 Å². The second-order valence-electron chi connectivity index (χ2n) is 12.0. The molecule has 0 radical (unpaired) electrons. The van der Waals surface area contributed by atoms with Gasteiger partial charge in [0.2, 0.25) is 0 Å². The number of carbonyl (C=O) groups is 2. The van der Waals surface area contributed by atoms with Crippen molar-refractivity contribution < 1.29 is 24.2 Å². The Morgan fingerprint density at radius 3 is 1.28 bits per heavy atom. The lowest BCUT2D eigenvalue weighted by Crippen LogP contribution is -2.25. The number of allylic oxidation sites excluding steroid dienone is 12. The van der Waals surface area contributed by atoms with Gasteiger partial charge in [0.05, 0.1) is 0 Å². The van der Waals surface area contributed by atoms with Gasteiger partial charge in [-0.25, -0.2) is 0 Å². The summed E-state index contributed by atoms with van der Waals surface area (Å²) in [4.78, 5) is 23.9. The minimum absolute atomic E-state index is 0.137. The number of carbonyl (C=O) groups excluding carboxylic acids is 2. The molecule has 0 unspecified atom stereocenters. The lowest BCUT2D eigenvalue weighted by Gasteiger charge is -2.12. The van der Waals surface area contributed by atoms with E-state index in [0.717, 1.165) is 77.0 Å². The quantitative estimate of drug-likeness (QED) is 0.0450. The van der Waals surface area contributed by atoms with Gasteiger partial charge in [0.25, 0.3) is 0 Å². The second kappa shape index (κ2) is 36.8. The van der Waals surface area contributed by atoms with Gasteiger partial charge in [0.1, 0.15) is 19.3 Å². The summed E-state index contributed by atoms with van der Waals surface area (Å²) >= 11 is 0. The Hall–Kier alpha value is -2.66. The van der Waals surface area contributed by atoms with Crippen molar-refractivity contribution in [2.24, 2.45) is 0 Å². The van der Waals surface area contributed by atoms with Crippen LogP contribution in [0.15, 0.2) is 72.9 Å². The maximum atomic E-state index is 11.9. The molecule has 0 saturated carbocycles. The van der Waals surface area contributed by atoms with Crippen molar-refractivity contribution >= 4 is 11.9 Å². The van der Waals surface area contributed by atoms with E-state index in [1.54, 1.807) is 0 Å². The number of aliphatic hydroxyl groups excluding tert-OH is 1. The predicted octanol–water partition coefficient (Wildman–Crippen LogP) is 11.4. The maximum Gasteiger partial charge on any atom is 0.305 e. The van der Waals surface area contributed by atoms with Crippen molar-refractivity contribution in [2.75, 3.05) is 13.2 Å². The average molecular weight is 641 g/mol. The molecule has 0 aromatic heterocycles. The van der Waals surface area contributed by atoms with Crippen molar-refractivity contribution in [3.63, 3.8) is 0 Å². The van der Waals surface area contributed by atoms with E-state index in [1.807, 2.05) is 0 Å². The van der Waals surface area contributed by atoms with Gasteiger partial charge in [-0.3, -0.25) is 9.59 Å². The SMILES string of the molecule is CC/C=C\C/C=C\C/C=C\C/C=C\CCCCC(=O)OC[C@H](O)COC(=O)CCCCCCCCC/C=C\C/C=C\CCCCC. The van der Waals surface area contributed by atoms with Gasteiger partial charge in [-0.2, -0.15) is 0 Å². The van der Waals surface area contributed by atoms with Crippen LogP contribution in [0.4, 0.5) is 0 Å². The molecule has 46 heavy (non-hydrogen) atoms. The summed E-state index contributed by atoms with van der Waals surface area (Å²) in [5.41, 5.74) is 0. The zero-order valence-corrected chi connectivity index (χ0v) is 29.6. The Morgan fingerprint density at radius 1 is 0.478 bits per heavy atom. The molecule has 0 spiro atoms. The molecule has 5 nitrogen and oxygen atoms in total. The third kappa shape index (κ3) is 35.8. The number of hydrogen-bond donors (Lipinski definition) is 1. The van der Waals surface area contributed by atoms with E-state index >= 15 is 0 Å². The van der Waals surface area contributed by atoms with Gasteiger partial charge in [-0.15, -0.1) is 0 Å². The van der Waals surface area contributed by atoms with E-state index in [-0.39, 0.29) is 25.2 Å². The van der Waals surface area contributed by atoms with Crippen LogP contribution in [-0.4, -0.2) is 36.4 Å². The fourth-order valence-electron chi connectivity index (χ4n) is 4.63. The summed E-state index contributed by atoms with van der Waals surface area (Å²) in [5.74, 6) is -0.628. The zero-order chi connectivity index (χ0) is 33.6. The molecule has 0 amide bonds. The van der Waals surface area contributed by atoms with Crippen molar-refractivity contribution in [1.29, 1.82) is 0 Å². The molecule has 5 heteroatoms. The van der Waals surface area contributed by atoms with Crippen LogP contribution >= 0.6 is 0 Å². The highest BCUT2D eigenvalue weighted by atomic mass is 16.6. The average Bonchev–Trinajstić information content (AvgIpc) is 3.06. The third-order valence-corrected chi connectivity index (χ3v) is 7.43. The molecule has 1 N–H and O–H groups in total. The fourth-order valence-corrected chi connectivity index (χ4v) is 4.63. The van der Waals surface area contributed by atoms with Gasteiger partial charge in [0.15, 0.2) is 0 Å². The molecule has 0 aliphatic heterocycles. The lowest BCUT2D eigenvalue weighted by molar-refractivity contribution is -0.152. The van der Waals surface area contributed by atoms with Gasteiger partial charge in [-0.05, 0) is 83.5 Å². The Kier molecular flexibility index (Phi) is 34.7. The van der Waals surface area contributed by atoms with Crippen LogP contribution in [0.5, 0.6) is 0 Å². The molecule has 0 heterocycles. The lowest BCUT2D eigenvalue weighted by atomic mass is 10.1. The summed E-state index contributed by atoms with van der Waals surface area (Å²) in [6.45, 7) is 4.10. The van der Waals surface area contributed by atoms with Crippen molar-refractivity contribution in [2.45, 2.75) is 161 Å². The highest BCUT2D eigenvalue weighted by Crippen LogP contribution is 2.11. The van der Waals surface area contributed by atoms with Crippen LogP contribution in [0, 0.1) is 0 Å². The van der Waals surface area contributed by atoms with Crippen LogP contribution in [0.1, 0.15) is 155 Å². The maximum absolute atomic E-state index is 11.9. The zero-order valence-electron chi connectivity index (χ0n) is 29.6.